The van der Waals surface area contributed by atoms with Crippen molar-refractivity contribution in [3.63, 3.8) is 0 Å². The van der Waals surface area contributed by atoms with Gasteiger partial charge in [-0.1, -0.05) is 0 Å². The van der Waals surface area contributed by atoms with Crippen molar-refractivity contribution in [3.8, 4) is 0 Å². The lowest BCUT2D eigenvalue weighted by atomic mass is 10.0. The first kappa shape index (κ1) is 16.9. The maximum Gasteiger partial charge on any atom is 0.747 e. The van der Waals surface area contributed by atoms with Gasteiger partial charge >= 0.3 is 16.5 Å². The van der Waals surface area contributed by atoms with E-state index in [1.807, 2.05) is 0 Å². The zero-order chi connectivity index (χ0) is 12.6. The molecule has 94 valence electrons. The molecule has 0 aliphatic rings. The van der Waals surface area contributed by atoms with Gasteiger partial charge in [0.25, 0.3) is 0 Å². The van der Waals surface area contributed by atoms with E-state index < -0.39 is 21.4 Å². The molecule has 5 nitrogen and oxygen atoms in total. The number of rotatable bonds is 9. The Kier molecular flexibility index (Phi) is 9.49. The van der Waals surface area contributed by atoms with Crippen molar-refractivity contribution in [2.75, 3.05) is 18.4 Å². The van der Waals surface area contributed by atoms with Crippen LogP contribution in [0.3, 0.4) is 0 Å². The Balaban J connectivity index is 4.10. The molecule has 0 amide bonds. The van der Waals surface area contributed by atoms with Gasteiger partial charge in [0.1, 0.15) is 6.61 Å². The first-order valence-electron chi connectivity index (χ1n) is 4.19. The standard InChI is InChI=1S/C6H10Cl3O5P2/c7-3-1-6(9,2-4-8)5-13-16(12)14-15(10)11/h1-5H2/q+1/p+1. The smallest absolute Gasteiger partial charge is 0.131 e. The average Bonchev–Trinajstić information content (AvgIpc) is 2.15. The first-order chi connectivity index (χ1) is 7.43. The zero-order valence-corrected chi connectivity index (χ0v) is 12.2. The Hall–Kier alpha value is 0.950. The topological polar surface area (TPSA) is 72.8 Å². The molecule has 0 aromatic heterocycles. The van der Waals surface area contributed by atoms with Gasteiger partial charge in [-0.15, -0.1) is 44.2 Å². The van der Waals surface area contributed by atoms with Crippen LogP contribution in [-0.4, -0.2) is 28.1 Å². The van der Waals surface area contributed by atoms with Crippen LogP contribution in [-0.2, 0) is 18.0 Å². The van der Waals surface area contributed by atoms with Crippen LogP contribution in [0.25, 0.3) is 0 Å². The molecule has 0 heterocycles. The van der Waals surface area contributed by atoms with Gasteiger partial charge in [0.15, 0.2) is 4.31 Å². The molecule has 10 heteroatoms. The minimum absolute atomic E-state index is 0.119. The molecule has 0 saturated carbocycles. The average molecular weight is 331 g/mol. The summed E-state index contributed by atoms with van der Waals surface area (Å²) in [6.45, 7) is -0.119. The van der Waals surface area contributed by atoms with Gasteiger partial charge in [0, 0.05) is 20.9 Å². The number of alkyl halides is 3. The maximum absolute atomic E-state index is 10.9. The van der Waals surface area contributed by atoms with Crippen LogP contribution in [0, 0.1) is 0 Å². The molecule has 0 bridgehead atoms. The van der Waals surface area contributed by atoms with Crippen LogP contribution in [0.2, 0.25) is 0 Å². The summed E-state index contributed by atoms with van der Waals surface area (Å²) in [5.74, 6) is 0.602. The van der Waals surface area contributed by atoms with Gasteiger partial charge in [0.2, 0.25) is 0 Å². The largest absolute Gasteiger partial charge is 0.747 e. The molecular formula is C6H11Cl3O5P2+2. The van der Waals surface area contributed by atoms with Crippen molar-refractivity contribution in [3.05, 3.63) is 0 Å². The van der Waals surface area contributed by atoms with E-state index in [2.05, 4.69) is 4.31 Å². The zero-order valence-electron chi connectivity index (χ0n) is 8.14. The molecule has 0 spiro atoms. The predicted octanol–water partition coefficient (Wildman–Crippen LogP) is 3.56. The first-order valence-corrected chi connectivity index (χ1v) is 7.86. The Morgan fingerprint density at radius 1 is 1.19 bits per heavy atom. The highest BCUT2D eigenvalue weighted by molar-refractivity contribution is 7.47. The molecule has 16 heavy (non-hydrogen) atoms. The lowest BCUT2D eigenvalue weighted by Crippen LogP contribution is -2.28. The lowest BCUT2D eigenvalue weighted by molar-refractivity contribution is 0.239. The fraction of sp³-hybridized carbons (Fsp3) is 1.00. The molecule has 0 aromatic rings. The molecule has 2 atom stereocenters. The van der Waals surface area contributed by atoms with Crippen molar-refractivity contribution in [2.45, 2.75) is 17.7 Å². The van der Waals surface area contributed by atoms with Crippen molar-refractivity contribution >= 4 is 51.3 Å². The summed E-state index contributed by atoms with van der Waals surface area (Å²) in [7, 11) is -5.62. The molecule has 0 aromatic carbocycles. The summed E-state index contributed by atoms with van der Waals surface area (Å²) in [5.41, 5.74) is 0. The summed E-state index contributed by atoms with van der Waals surface area (Å²) < 4.78 is 29.9. The maximum atomic E-state index is 10.9. The third-order valence-electron chi connectivity index (χ3n) is 1.65. The fourth-order valence-corrected chi connectivity index (χ4v) is 3.09. The van der Waals surface area contributed by atoms with Gasteiger partial charge in [-0.2, -0.15) is 0 Å². The van der Waals surface area contributed by atoms with E-state index in [0.29, 0.717) is 24.6 Å². The second-order valence-corrected chi connectivity index (χ2v) is 6.24. The molecule has 0 saturated heterocycles. The Morgan fingerprint density at radius 2 is 1.69 bits per heavy atom. The lowest BCUT2D eigenvalue weighted by Gasteiger charge is -2.21. The minimum atomic E-state index is -2.96. The van der Waals surface area contributed by atoms with E-state index in [1.54, 1.807) is 0 Å². The van der Waals surface area contributed by atoms with E-state index in [4.69, 9.17) is 44.2 Å². The van der Waals surface area contributed by atoms with Crippen LogP contribution in [0.4, 0.5) is 0 Å². The van der Waals surface area contributed by atoms with Crippen molar-refractivity contribution in [1.29, 1.82) is 0 Å². The molecular weight excluding hydrogens is 320 g/mol. The molecule has 0 radical (unpaired) electrons. The monoisotopic (exact) mass is 330 g/mol. The summed E-state index contributed by atoms with van der Waals surface area (Å²) in [6, 6.07) is 0. The number of halogens is 3. The van der Waals surface area contributed by atoms with E-state index in [0.717, 1.165) is 0 Å². The fourth-order valence-electron chi connectivity index (χ4n) is 0.857. The van der Waals surface area contributed by atoms with Crippen LogP contribution in [0.15, 0.2) is 0 Å². The summed E-state index contributed by atoms with van der Waals surface area (Å²) in [5, 5.41) is 0. The van der Waals surface area contributed by atoms with Crippen molar-refractivity contribution < 1.29 is 22.9 Å². The highest BCUT2D eigenvalue weighted by atomic mass is 35.5. The van der Waals surface area contributed by atoms with Gasteiger partial charge in [0.05, 0.1) is 4.87 Å². The Labute approximate surface area is 110 Å². The molecule has 2 unspecified atom stereocenters. The molecule has 1 N–H and O–H groups in total. The third-order valence-corrected chi connectivity index (χ3v) is 3.95. The van der Waals surface area contributed by atoms with Crippen LogP contribution in [0.1, 0.15) is 12.8 Å². The molecule has 0 fully saturated rings. The SMILES string of the molecule is O=[P+](O)O[P+](=O)OCC(Cl)(CCCl)CCCl. The quantitative estimate of drug-likeness (QED) is 0.516. The Bertz CT molecular complexity index is 246. The van der Waals surface area contributed by atoms with Gasteiger partial charge in [-0.3, -0.25) is 0 Å². The predicted molar refractivity (Wildman–Crippen MR) is 63.7 cm³/mol. The minimum Gasteiger partial charge on any atom is -0.131 e. The van der Waals surface area contributed by atoms with E-state index in [9.17, 15) is 9.13 Å². The normalized spacial score (nSPS) is 13.8. The molecule has 0 aliphatic heterocycles. The van der Waals surface area contributed by atoms with Gasteiger partial charge in [-0.05, 0) is 12.8 Å². The Morgan fingerprint density at radius 3 is 2.06 bits per heavy atom. The van der Waals surface area contributed by atoms with Crippen LogP contribution < -0.4 is 0 Å². The van der Waals surface area contributed by atoms with E-state index in [1.165, 1.54) is 0 Å². The van der Waals surface area contributed by atoms with Crippen LogP contribution in [0.5, 0.6) is 0 Å². The van der Waals surface area contributed by atoms with Crippen molar-refractivity contribution in [2.24, 2.45) is 0 Å². The van der Waals surface area contributed by atoms with E-state index >= 15 is 0 Å². The highest BCUT2D eigenvalue weighted by Crippen LogP contribution is 2.38. The number of hydrogen-bond donors (Lipinski definition) is 1. The van der Waals surface area contributed by atoms with Gasteiger partial charge in [-0.25, -0.2) is 0 Å². The molecule has 0 aliphatic carbocycles. The summed E-state index contributed by atoms with van der Waals surface area (Å²) in [4.78, 5) is 7.47. The second-order valence-electron chi connectivity index (χ2n) is 2.85. The van der Waals surface area contributed by atoms with Crippen LogP contribution >= 0.6 is 51.3 Å². The highest BCUT2D eigenvalue weighted by Gasteiger charge is 2.40. The molecule has 0 rings (SSSR count). The number of hydrogen-bond acceptors (Lipinski definition) is 4. The van der Waals surface area contributed by atoms with Crippen molar-refractivity contribution in [1.82, 2.24) is 0 Å². The second kappa shape index (κ2) is 8.96. The van der Waals surface area contributed by atoms with Gasteiger partial charge < -0.3 is 0 Å². The summed E-state index contributed by atoms with van der Waals surface area (Å²) in [6.07, 6.45) is 0.828. The summed E-state index contributed by atoms with van der Waals surface area (Å²) >= 11 is 17.2. The third kappa shape index (κ3) is 8.10. The van der Waals surface area contributed by atoms with E-state index in [-0.39, 0.29) is 6.61 Å².